The first kappa shape index (κ1) is 19.8. The lowest BCUT2D eigenvalue weighted by Gasteiger charge is -2.10. The van der Waals surface area contributed by atoms with Crippen molar-refractivity contribution in [3.63, 3.8) is 0 Å². The number of amides is 1. The van der Waals surface area contributed by atoms with Gasteiger partial charge in [0, 0.05) is 5.56 Å². The first-order valence-electron chi connectivity index (χ1n) is 7.96. The van der Waals surface area contributed by atoms with E-state index in [1.54, 1.807) is 30.3 Å². The Hall–Kier alpha value is -2.97. The SMILES string of the molecule is COc1cccc(C=C2SC(=Nc3ccc(Cl)c(C(=O)O)c3)NC2=O)c1OC. The van der Waals surface area contributed by atoms with E-state index in [1.165, 1.54) is 26.4 Å². The van der Waals surface area contributed by atoms with Gasteiger partial charge in [-0.25, -0.2) is 9.79 Å². The lowest BCUT2D eigenvalue weighted by Crippen LogP contribution is -2.19. The first-order valence-corrected chi connectivity index (χ1v) is 9.15. The van der Waals surface area contributed by atoms with Crippen molar-refractivity contribution >= 4 is 52.2 Å². The second-order valence-corrected chi connectivity index (χ2v) is 6.97. The van der Waals surface area contributed by atoms with Crippen LogP contribution in [-0.2, 0) is 4.79 Å². The maximum atomic E-state index is 12.3. The number of amidine groups is 1. The Morgan fingerprint density at radius 1 is 1.25 bits per heavy atom. The van der Waals surface area contributed by atoms with Crippen LogP contribution in [-0.4, -0.2) is 36.4 Å². The van der Waals surface area contributed by atoms with Crippen molar-refractivity contribution in [2.75, 3.05) is 14.2 Å². The zero-order valence-corrected chi connectivity index (χ0v) is 16.4. The molecule has 0 aliphatic carbocycles. The van der Waals surface area contributed by atoms with E-state index in [4.69, 9.17) is 26.2 Å². The van der Waals surface area contributed by atoms with Crippen molar-refractivity contribution in [2.45, 2.75) is 0 Å². The molecule has 3 rings (SSSR count). The molecule has 0 atom stereocenters. The monoisotopic (exact) mass is 418 g/mol. The van der Waals surface area contributed by atoms with Gasteiger partial charge >= 0.3 is 5.97 Å². The summed E-state index contributed by atoms with van der Waals surface area (Å²) in [5, 5.41) is 12.3. The third-order valence-electron chi connectivity index (χ3n) is 3.78. The lowest BCUT2D eigenvalue weighted by molar-refractivity contribution is -0.115. The molecule has 7 nitrogen and oxygen atoms in total. The largest absolute Gasteiger partial charge is 0.493 e. The summed E-state index contributed by atoms with van der Waals surface area (Å²) < 4.78 is 10.6. The fourth-order valence-electron chi connectivity index (χ4n) is 2.51. The zero-order valence-electron chi connectivity index (χ0n) is 14.9. The number of nitrogens with one attached hydrogen (secondary N) is 1. The van der Waals surface area contributed by atoms with E-state index >= 15 is 0 Å². The number of hydrogen-bond acceptors (Lipinski definition) is 6. The van der Waals surface area contributed by atoms with E-state index in [1.807, 2.05) is 0 Å². The van der Waals surface area contributed by atoms with E-state index in [2.05, 4.69) is 10.3 Å². The summed E-state index contributed by atoms with van der Waals surface area (Å²) in [6.45, 7) is 0. The fraction of sp³-hybridized carbons (Fsp3) is 0.105. The molecule has 28 heavy (non-hydrogen) atoms. The van der Waals surface area contributed by atoms with Gasteiger partial charge in [-0.15, -0.1) is 0 Å². The minimum atomic E-state index is -1.15. The van der Waals surface area contributed by atoms with Crippen LogP contribution in [0.25, 0.3) is 6.08 Å². The highest BCUT2D eigenvalue weighted by molar-refractivity contribution is 8.18. The fourth-order valence-corrected chi connectivity index (χ4v) is 3.54. The predicted molar refractivity (Wildman–Crippen MR) is 109 cm³/mol. The van der Waals surface area contributed by atoms with Gasteiger partial charge in [-0.05, 0) is 42.1 Å². The molecule has 144 valence electrons. The number of aliphatic imine (C=N–C) groups is 1. The molecule has 9 heteroatoms. The van der Waals surface area contributed by atoms with Crippen molar-refractivity contribution in [1.29, 1.82) is 0 Å². The Bertz CT molecular complexity index is 1020. The molecule has 0 unspecified atom stereocenters. The summed E-state index contributed by atoms with van der Waals surface area (Å²) in [4.78, 5) is 28.2. The molecule has 1 aliphatic heterocycles. The molecule has 0 aromatic heterocycles. The third-order valence-corrected chi connectivity index (χ3v) is 5.02. The Balaban J connectivity index is 1.90. The van der Waals surface area contributed by atoms with Crippen LogP contribution in [0.3, 0.4) is 0 Å². The highest BCUT2D eigenvalue weighted by atomic mass is 35.5. The van der Waals surface area contributed by atoms with E-state index in [0.29, 0.717) is 32.8 Å². The van der Waals surface area contributed by atoms with Crippen molar-refractivity contribution in [3.05, 3.63) is 57.5 Å². The highest BCUT2D eigenvalue weighted by Crippen LogP contribution is 2.35. The molecule has 2 aromatic carbocycles. The molecular formula is C19H15ClN2O5S. The van der Waals surface area contributed by atoms with Crippen LogP contribution in [0.1, 0.15) is 15.9 Å². The molecule has 2 N–H and O–H groups in total. The number of hydrogen-bond donors (Lipinski definition) is 2. The van der Waals surface area contributed by atoms with E-state index < -0.39 is 5.97 Å². The van der Waals surface area contributed by atoms with Crippen LogP contribution in [0.2, 0.25) is 5.02 Å². The van der Waals surface area contributed by atoms with Crippen molar-refractivity contribution in [1.82, 2.24) is 5.32 Å². The quantitative estimate of drug-likeness (QED) is 0.713. The van der Waals surface area contributed by atoms with Gasteiger partial charge in [0.15, 0.2) is 16.7 Å². The number of halogens is 1. The number of ether oxygens (including phenoxy) is 2. The van der Waals surface area contributed by atoms with Crippen molar-refractivity contribution in [2.24, 2.45) is 4.99 Å². The molecule has 0 radical (unpaired) electrons. The molecule has 1 saturated heterocycles. The van der Waals surface area contributed by atoms with Crippen LogP contribution in [0.15, 0.2) is 46.3 Å². The number of carboxylic acid groups (broad SMARTS) is 1. The Morgan fingerprint density at radius 3 is 2.71 bits per heavy atom. The minimum Gasteiger partial charge on any atom is -0.493 e. The number of nitrogens with zero attached hydrogens (tertiary/aromatic N) is 1. The van der Waals surface area contributed by atoms with Gasteiger partial charge in [-0.1, -0.05) is 23.7 Å². The summed E-state index contributed by atoms with van der Waals surface area (Å²) in [6, 6.07) is 9.72. The molecule has 0 saturated carbocycles. The molecule has 2 aromatic rings. The van der Waals surface area contributed by atoms with Crippen LogP contribution < -0.4 is 14.8 Å². The summed E-state index contributed by atoms with van der Waals surface area (Å²) in [5.41, 5.74) is 0.986. The number of para-hydroxylation sites is 1. The minimum absolute atomic E-state index is 0.0604. The highest BCUT2D eigenvalue weighted by Gasteiger charge is 2.25. The Labute approximate surface area is 170 Å². The van der Waals surface area contributed by atoms with E-state index in [9.17, 15) is 9.59 Å². The number of rotatable bonds is 5. The second-order valence-electron chi connectivity index (χ2n) is 5.53. The third kappa shape index (κ3) is 4.13. The van der Waals surface area contributed by atoms with Crippen LogP contribution >= 0.6 is 23.4 Å². The maximum Gasteiger partial charge on any atom is 0.337 e. The van der Waals surface area contributed by atoms with E-state index in [0.717, 1.165) is 11.8 Å². The molecule has 1 heterocycles. The Morgan fingerprint density at radius 2 is 2.04 bits per heavy atom. The normalized spacial score (nSPS) is 16.3. The van der Waals surface area contributed by atoms with Gasteiger partial charge < -0.3 is 19.9 Å². The predicted octanol–water partition coefficient (Wildman–Crippen LogP) is 3.95. The standard InChI is InChI=1S/C19H15ClN2O5S/c1-26-14-5-3-4-10(16(14)27-2)8-15-17(23)22-19(28-15)21-11-6-7-13(20)12(9-11)18(24)25/h3-9H,1-2H3,(H,24,25)(H,21,22,23). The number of carbonyl (C=O) groups excluding carboxylic acids is 1. The molecule has 1 amide bonds. The number of thioether (sulfide) groups is 1. The van der Waals surface area contributed by atoms with Gasteiger partial charge in [-0.3, -0.25) is 4.79 Å². The summed E-state index contributed by atoms with van der Waals surface area (Å²) in [6.07, 6.45) is 1.68. The first-order chi connectivity index (χ1) is 13.4. The maximum absolute atomic E-state index is 12.3. The summed E-state index contributed by atoms with van der Waals surface area (Å²) >= 11 is 7.00. The van der Waals surface area contributed by atoms with Crippen LogP contribution in [0.4, 0.5) is 5.69 Å². The number of methoxy groups -OCH3 is 2. The summed E-state index contributed by atoms with van der Waals surface area (Å²) in [7, 11) is 3.06. The summed E-state index contributed by atoms with van der Waals surface area (Å²) in [5.74, 6) is -0.404. The van der Waals surface area contributed by atoms with Gasteiger partial charge in [0.25, 0.3) is 5.91 Å². The second kappa shape index (κ2) is 8.37. The average Bonchev–Trinajstić information content (AvgIpc) is 3.01. The van der Waals surface area contributed by atoms with Crippen LogP contribution in [0.5, 0.6) is 11.5 Å². The smallest absolute Gasteiger partial charge is 0.337 e. The average molecular weight is 419 g/mol. The van der Waals surface area contributed by atoms with Gasteiger partial charge in [0.1, 0.15) is 0 Å². The molecular weight excluding hydrogens is 404 g/mol. The molecule has 0 bridgehead atoms. The zero-order chi connectivity index (χ0) is 20.3. The molecule has 1 aliphatic rings. The Kier molecular flexibility index (Phi) is 5.91. The van der Waals surface area contributed by atoms with Gasteiger partial charge in [0.05, 0.1) is 35.4 Å². The van der Waals surface area contributed by atoms with E-state index in [-0.39, 0.29) is 16.5 Å². The number of carboxylic acids is 1. The van der Waals surface area contributed by atoms with Crippen molar-refractivity contribution in [3.8, 4) is 11.5 Å². The molecule has 0 spiro atoms. The number of aromatic carboxylic acids is 1. The number of carbonyl (C=O) groups is 2. The lowest BCUT2D eigenvalue weighted by atomic mass is 10.1. The molecule has 1 fully saturated rings. The topological polar surface area (TPSA) is 97.2 Å². The van der Waals surface area contributed by atoms with Gasteiger partial charge in [0.2, 0.25) is 0 Å². The number of benzene rings is 2. The van der Waals surface area contributed by atoms with Gasteiger partial charge in [-0.2, -0.15) is 0 Å². The van der Waals surface area contributed by atoms with Crippen LogP contribution in [0, 0.1) is 0 Å². The van der Waals surface area contributed by atoms with Crippen molar-refractivity contribution < 1.29 is 24.2 Å².